The molecule has 15 heteroatoms. The Labute approximate surface area is 510 Å². The number of Topliss-reactive ketones (excluding diaryl/α,β-unsaturated/α-hetero) is 2. The van der Waals surface area contributed by atoms with Crippen molar-refractivity contribution in [3.05, 3.63) is 144 Å². The zero-order chi connectivity index (χ0) is 61.0. The lowest BCUT2D eigenvalue weighted by atomic mass is 9.76. The van der Waals surface area contributed by atoms with Crippen LogP contribution in [0.2, 0.25) is 0 Å². The second-order valence-corrected chi connectivity index (χ2v) is 24.9. The molecule has 4 aromatic carbocycles. The topological polar surface area (TPSA) is 203 Å². The second-order valence-electron chi connectivity index (χ2n) is 24.9. The van der Waals surface area contributed by atoms with E-state index in [4.69, 9.17) is 0 Å². The summed E-state index contributed by atoms with van der Waals surface area (Å²) in [7, 11) is 1.74. The van der Waals surface area contributed by atoms with Gasteiger partial charge in [0, 0.05) is 56.1 Å². The Morgan fingerprint density at radius 3 is 1.42 bits per heavy atom. The molecule has 2 aliphatic carbocycles. The van der Waals surface area contributed by atoms with Gasteiger partial charge in [0.1, 0.15) is 30.0 Å². The number of unbranched alkanes of at least 4 members (excludes halogenated alkanes) is 2. The molecule has 4 fully saturated rings. The molecular formula is C71H95N7O8. The van der Waals surface area contributed by atoms with Gasteiger partial charge in [0.05, 0.1) is 12.1 Å². The van der Waals surface area contributed by atoms with Gasteiger partial charge in [0.15, 0.2) is 5.78 Å². The van der Waals surface area contributed by atoms with Crippen molar-refractivity contribution < 1.29 is 38.4 Å². The van der Waals surface area contributed by atoms with Crippen molar-refractivity contribution in [2.75, 3.05) is 26.7 Å². The summed E-state index contributed by atoms with van der Waals surface area (Å²) in [5.74, 6) is -3.78. The third-order valence-electron chi connectivity index (χ3n) is 19.2. The van der Waals surface area contributed by atoms with Gasteiger partial charge in [-0.3, -0.25) is 38.4 Å². The molecule has 4 aliphatic rings. The summed E-state index contributed by atoms with van der Waals surface area (Å²) in [5, 5.41) is 15.7. The minimum atomic E-state index is -1.07. The summed E-state index contributed by atoms with van der Waals surface area (Å²) in [4.78, 5) is 119. The molecule has 2 saturated carbocycles. The Morgan fingerprint density at radius 1 is 0.488 bits per heavy atom. The van der Waals surface area contributed by atoms with E-state index in [2.05, 4.69) is 26.6 Å². The molecule has 6 amide bonds. The Morgan fingerprint density at radius 2 is 0.942 bits per heavy atom. The Kier molecular flexibility index (Phi) is 24.7. The molecule has 15 nitrogen and oxygen atoms in total. The summed E-state index contributed by atoms with van der Waals surface area (Å²) in [6.45, 7) is 6.67. The highest BCUT2D eigenvalue weighted by Crippen LogP contribution is 2.37. The number of carbonyl (C=O) groups excluding carboxylic acids is 8. The minimum Gasteiger partial charge on any atom is -0.354 e. The lowest BCUT2D eigenvalue weighted by Gasteiger charge is -2.36. The van der Waals surface area contributed by atoms with Crippen LogP contribution in [0.5, 0.6) is 0 Å². The number of benzene rings is 4. The van der Waals surface area contributed by atoms with Crippen molar-refractivity contribution in [1.82, 2.24) is 36.4 Å². The van der Waals surface area contributed by atoms with Crippen molar-refractivity contribution in [3.63, 3.8) is 0 Å². The lowest BCUT2D eigenvalue weighted by molar-refractivity contribution is -0.145. The van der Waals surface area contributed by atoms with Crippen LogP contribution in [0.3, 0.4) is 0 Å². The number of carbonyl (C=O) groups is 8. The SMILES string of the molecule is CC[C@@H](C)C(=O)N[C@H](C(=O)N1CCC[C@H]1C(=O)N[C@H](C(=O)CCCCCNC(=O)[C@@H](NC(=O)C1CCCN1C(=O)[C@@H](CC(=O)[C@H](C)NC)C1CCCCC1)C(c1ccccc1)c1ccccc1)C(c1ccccc1)c1ccccc1)C1CCCCC1. The lowest BCUT2D eigenvalue weighted by Crippen LogP contribution is -2.58. The molecule has 462 valence electrons. The smallest absolute Gasteiger partial charge is 0.246 e. The van der Waals surface area contributed by atoms with E-state index in [1.165, 1.54) is 0 Å². The maximum atomic E-state index is 15.0. The van der Waals surface area contributed by atoms with E-state index < -0.39 is 65.8 Å². The van der Waals surface area contributed by atoms with Gasteiger partial charge in [0.25, 0.3) is 0 Å². The third kappa shape index (κ3) is 16.9. The molecule has 2 aliphatic heterocycles. The number of likely N-dealkylation sites (N-methyl/N-ethyl adjacent to an activating group) is 1. The van der Waals surface area contributed by atoms with Crippen LogP contribution in [-0.4, -0.2) is 120 Å². The first-order valence-corrected chi connectivity index (χ1v) is 32.5. The number of ketones is 2. The van der Waals surface area contributed by atoms with Gasteiger partial charge in [-0.2, -0.15) is 0 Å². The van der Waals surface area contributed by atoms with Crippen molar-refractivity contribution >= 4 is 47.0 Å². The first-order chi connectivity index (χ1) is 41.8. The van der Waals surface area contributed by atoms with E-state index in [0.29, 0.717) is 64.5 Å². The molecule has 2 saturated heterocycles. The number of nitrogens with zero attached hydrogens (tertiary/aromatic N) is 2. The molecule has 5 N–H and O–H groups in total. The summed E-state index contributed by atoms with van der Waals surface area (Å²) in [6.07, 6.45) is 14.1. The fraction of sp³-hybridized carbons (Fsp3) is 0.549. The number of rotatable bonds is 29. The first kappa shape index (κ1) is 65.0. The van der Waals surface area contributed by atoms with Gasteiger partial charge in [-0.1, -0.05) is 180 Å². The summed E-state index contributed by atoms with van der Waals surface area (Å²) >= 11 is 0. The minimum absolute atomic E-state index is 0.0207. The van der Waals surface area contributed by atoms with E-state index in [1.807, 2.05) is 142 Å². The molecule has 8 atom stereocenters. The molecule has 0 bridgehead atoms. The van der Waals surface area contributed by atoms with E-state index >= 15 is 0 Å². The number of amides is 6. The normalized spacial score (nSPS) is 19.7. The summed E-state index contributed by atoms with van der Waals surface area (Å²) in [6, 6.07) is 33.9. The van der Waals surface area contributed by atoms with Crippen LogP contribution in [-0.2, 0) is 38.4 Å². The van der Waals surface area contributed by atoms with Gasteiger partial charge in [-0.25, -0.2) is 0 Å². The average molecular weight is 1170 g/mol. The van der Waals surface area contributed by atoms with Gasteiger partial charge in [0.2, 0.25) is 35.4 Å². The highest BCUT2D eigenvalue weighted by atomic mass is 16.2. The quantitative estimate of drug-likeness (QED) is 0.0328. The maximum absolute atomic E-state index is 15.0. The van der Waals surface area contributed by atoms with Gasteiger partial charge in [-0.05, 0) is 119 Å². The van der Waals surface area contributed by atoms with Crippen LogP contribution in [0.25, 0.3) is 0 Å². The third-order valence-corrected chi connectivity index (χ3v) is 19.2. The van der Waals surface area contributed by atoms with Crippen LogP contribution in [0.4, 0.5) is 0 Å². The van der Waals surface area contributed by atoms with Gasteiger partial charge in [-0.15, -0.1) is 0 Å². The highest BCUT2D eigenvalue weighted by Gasteiger charge is 2.45. The predicted molar refractivity (Wildman–Crippen MR) is 335 cm³/mol. The summed E-state index contributed by atoms with van der Waals surface area (Å²) in [5.41, 5.74) is 3.38. The van der Waals surface area contributed by atoms with E-state index in [-0.39, 0.29) is 72.3 Å². The predicted octanol–water partition coefficient (Wildman–Crippen LogP) is 9.72. The standard InChI is InChI=1S/C71H95N7O8/c1-5-48(2)66(81)74-63(55-39-23-11-24-40-55)71(86)78-46-28-42-58(78)67(82)75-64(61(51-31-15-7-16-32-51)52-33-17-8-18-34-52)59(79)43-25-12-26-44-73-69(84)65(62(53-35-19-9-20-36-53)54-37-21-10-22-38-54)76-68(83)57-41-27-45-77(57)70(85)56(47-60(80)49(3)72-4)50-29-13-6-14-30-50/h7-10,15-22,31-38,48-50,55-58,61-65,72H,5-6,11-14,23-30,39-47H2,1-4H3,(H,73,84)(H,74,81)(H,75,82)(H,76,83)/t48-,49+,56+,57?,58+,63+,64-,65+/m1/s1. The van der Waals surface area contributed by atoms with Crippen LogP contribution in [0, 0.1) is 23.7 Å². The second kappa shape index (κ2) is 32.7. The summed E-state index contributed by atoms with van der Waals surface area (Å²) < 4.78 is 0. The van der Waals surface area contributed by atoms with Crippen molar-refractivity contribution in [1.29, 1.82) is 0 Å². The van der Waals surface area contributed by atoms with Crippen LogP contribution < -0.4 is 26.6 Å². The molecule has 8 rings (SSSR count). The fourth-order valence-electron chi connectivity index (χ4n) is 13.9. The van der Waals surface area contributed by atoms with Crippen molar-refractivity contribution in [2.45, 2.75) is 197 Å². The van der Waals surface area contributed by atoms with Crippen LogP contribution in [0.1, 0.15) is 183 Å². The number of nitrogens with one attached hydrogen (secondary N) is 5. The zero-order valence-electron chi connectivity index (χ0n) is 51.4. The van der Waals surface area contributed by atoms with E-state index in [1.54, 1.807) is 16.8 Å². The van der Waals surface area contributed by atoms with Crippen LogP contribution >= 0.6 is 0 Å². The number of hydrogen-bond acceptors (Lipinski definition) is 9. The van der Waals surface area contributed by atoms with Crippen LogP contribution in [0.15, 0.2) is 121 Å². The monoisotopic (exact) mass is 1170 g/mol. The number of likely N-dealkylation sites (tertiary alicyclic amines) is 2. The molecule has 86 heavy (non-hydrogen) atoms. The fourth-order valence-corrected chi connectivity index (χ4v) is 13.9. The molecular weight excluding hydrogens is 1080 g/mol. The Balaban J connectivity index is 0.971. The molecule has 2 heterocycles. The molecule has 0 aromatic heterocycles. The Bertz CT molecular complexity index is 2570. The highest BCUT2D eigenvalue weighted by molar-refractivity contribution is 5.97. The molecule has 0 spiro atoms. The average Bonchev–Trinajstić information content (AvgIpc) is 3.36. The molecule has 1 unspecified atom stereocenters. The maximum Gasteiger partial charge on any atom is 0.246 e. The first-order valence-electron chi connectivity index (χ1n) is 32.5. The van der Waals surface area contributed by atoms with Gasteiger partial charge < -0.3 is 36.4 Å². The van der Waals surface area contributed by atoms with Crippen molar-refractivity contribution in [2.24, 2.45) is 23.7 Å². The molecule has 0 radical (unpaired) electrons. The molecule has 4 aromatic rings. The van der Waals surface area contributed by atoms with E-state index in [0.717, 1.165) is 86.5 Å². The van der Waals surface area contributed by atoms with E-state index in [9.17, 15) is 38.4 Å². The number of hydrogen-bond donors (Lipinski definition) is 5. The Hall–Kier alpha value is -7.00. The zero-order valence-corrected chi connectivity index (χ0v) is 51.4. The van der Waals surface area contributed by atoms with Gasteiger partial charge >= 0.3 is 0 Å². The van der Waals surface area contributed by atoms with Crippen molar-refractivity contribution in [3.8, 4) is 0 Å². The largest absolute Gasteiger partial charge is 0.354 e.